The van der Waals surface area contributed by atoms with Gasteiger partial charge in [-0.05, 0) is 25.7 Å². The van der Waals surface area contributed by atoms with E-state index in [1.54, 1.807) is 0 Å². The fraction of sp³-hybridized carbons (Fsp3) is 0.625. The Morgan fingerprint density at radius 2 is 0.750 bits per heavy atom. The van der Waals surface area contributed by atoms with E-state index in [0.29, 0.717) is 0 Å². The molecule has 0 aromatic rings. The highest BCUT2D eigenvalue weighted by atomic mass is 14.0. The maximum Gasteiger partial charge on any atom is -0.0348 e. The highest BCUT2D eigenvalue weighted by Crippen LogP contribution is 2.11. The van der Waals surface area contributed by atoms with Crippen LogP contribution in [0.1, 0.15) is 64.2 Å². The third kappa shape index (κ3) is 8.52. The van der Waals surface area contributed by atoms with Crippen LogP contribution in [0.15, 0.2) is 36.5 Å². The molecule has 1 aliphatic rings. The Bertz CT molecular complexity index is 196. The summed E-state index contributed by atoms with van der Waals surface area (Å²) in [6.45, 7) is 0. The Labute approximate surface area is 101 Å². The van der Waals surface area contributed by atoms with Crippen LogP contribution in [0.25, 0.3) is 0 Å². The van der Waals surface area contributed by atoms with Gasteiger partial charge in [-0.2, -0.15) is 0 Å². The molecule has 0 fully saturated rings. The fourth-order valence-corrected chi connectivity index (χ4v) is 2.06. The van der Waals surface area contributed by atoms with Crippen LogP contribution in [0, 0.1) is 0 Å². The van der Waals surface area contributed by atoms with Crippen LogP contribution in [0.5, 0.6) is 0 Å². The molecular formula is C16H26. The minimum Gasteiger partial charge on any atom is -0.0845 e. The SMILES string of the molecule is C1=C/C=C/CCCCCCCCCCC=C1. The molecule has 0 bridgehead atoms. The molecule has 0 spiro atoms. The van der Waals surface area contributed by atoms with Crippen LogP contribution in [0.3, 0.4) is 0 Å². The molecule has 16 heavy (non-hydrogen) atoms. The third-order valence-corrected chi connectivity index (χ3v) is 3.10. The fourth-order valence-electron chi connectivity index (χ4n) is 2.06. The first kappa shape index (κ1) is 13.3. The maximum atomic E-state index is 2.29. The molecule has 0 aliphatic heterocycles. The first-order chi connectivity index (χ1) is 8.00. The summed E-state index contributed by atoms with van der Waals surface area (Å²) in [6, 6.07) is 0. The Kier molecular flexibility index (Phi) is 8.91. The van der Waals surface area contributed by atoms with Crippen molar-refractivity contribution in [1.29, 1.82) is 0 Å². The first-order valence-corrected chi connectivity index (χ1v) is 6.98. The van der Waals surface area contributed by atoms with Gasteiger partial charge in [0.15, 0.2) is 0 Å². The van der Waals surface area contributed by atoms with Gasteiger partial charge in [0.1, 0.15) is 0 Å². The van der Waals surface area contributed by atoms with Gasteiger partial charge in [0, 0.05) is 0 Å². The summed E-state index contributed by atoms with van der Waals surface area (Å²) in [6.07, 6.45) is 27.0. The Balaban J connectivity index is 2.23. The van der Waals surface area contributed by atoms with E-state index in [4.69, 9.17) is 0 Å². The topological polar surface area (TPSA) is 0 Å². The van der Waals surface area contributed by atoms with Crippen molar-refractivity contribution in [1.82, 2.24) is 0 Å². The van der Waals surface area contributed by atoms with Crippen molar-refractivity contribution >= 4 is 0 Å². The first-order valence-electron chi connectivity index (χ1n) is 6.98. The molecule has 0 aromatic heterocycles. The number of hydrogen-bond donors (Lipinski definition) is 0. The lowest BCUT2D eigenvalue weighted by atomic mass is 10.1. The predicted molar refractivity (Wildman–Crippen MR) is 73.6 cm³/mol. The van der Waals surface area contributed by atoms with Crippen molar-refractivity contribution in [2.45, 2.75) is 64.2 Å². The molecule has 0 atom stereocenters. The van der Waals surface area contributed by atoms with Crippen LogP contribution in [0.4, 0.5) is 0 Å². The zero-order valence-corrected chi connectivity index (χ0v) is 10.5. The van der Waals surface area contributed by atoms with Gasteiger partial charge in [0.05, 0.1) is 0 Å². The van der Waals surface area contributed by atoms with Gasteiger partial charge >= 0.3 is 0 Å². The molecule has 0 heterocycles. The van der Waals surface area contributed by atoms with E-state index >= 15 is 0 Å². The van der Waals surface area contributed by atoms with Crippen molar-refractivity contribution in [3.63, 3.8) is 0 Å². The van der Waals surface area contributed by atoms with Crippen LogP contribution in [-0.4, -0.2) is 0 Å². The number of hydrogen-bond acceptors (Lipinski definition) is 0. The summed E-state index contributed by atoms with van der Waals surface area (Å²) in [4.78, 5) is 0. The molecular weight excluding hydrogens is 192 g/mol. The van der Waals surface area contributed by atoms with E-state index in [9.17, 15) is 0 Å². The van der Waals surface area contributed by atoms with E-state index < -0.39 is 0 Å². The lowest BCUT2D eigenvalue weighted by Crippen LogP contribution is -1.81. The molecule has 1 rings (SSSR count). The summed E-state index contributed by atoms with van der Waals surface area (Å²) < 4.78 is 0. The largest absolute Gasteiger partial charge is 0.0845 e. The smallest absolute Gasteiger partial charge is 0.0348 e. The minimum absolute atomic E-state index is 1.24. The summed E-state index contributed by atoms with van der Waals surface area (Å²) in [5.74, 6) is 0. The average Bonchev–Trinajstić information content (AvgIpc) is 2.29. The summed E-state index contributed by atoms with van der Waals surface area (Å²) in [7, 11) is 0. The van der Waals surface area contributed by atoms with Crippen molar-refractivity contribution in [2.75, 3.05) is 0 Å². The van der Waals surface area contributed by atoms with E-state index in [1.165, 1.54) is 64.2 Å². The molecule has 0 saturated carbocycles. The van der Waals surface area contributed by atoms with E-state index in [0.717, 1.165) is 0 Å². The quantitative estimate of drug-likeness (QED) is 0.498. The molecule has 0 radical (unpaired) electrons. The monoisotopic (exact) mass is 218 g/mol. The van der Waals surface area contributed by atoms with Crippen LogP contribution < -0.4 is 0 Å². The standard InChI is InChI=1S/C16H26/c1-2-4-6-8-10-12-14-16-15-13-11-9-7-5-3-1/h1-6H,7-16H2/b2-1?,5-3+,6-4?. The summed E-state index contributed by atoms with van der Waals surface area (Å²) in [5, 5.41) is 0. The van der Waals surface area contributed by atoms with Gasteiger partial charge in [-0.3, -0.25) is 0 Å². The van der Waals surface area contributed by atoms with E-state index in [-0.39, 0.29) is 0 Å². The normalized spacial score (nSPS) is 23.0. The van der Waals surface area contributed by atoms with Gasteiger partial charge in [-0.1, -0.05) is 75.0 Å². The van der Waals surface area contributed by atoms with Crippen molar-refractivity contribution in [2.24, 2.45) is 0 Å². The third-order valence-electron chi connectivity index (χ3n) is 3.10. The molecule has 0 saturated heterocycles. The average molecular weight is 218 g/mol. The lowest BCUT2D eigenvalue weighted by Gasteiger charge is -2.00. The highest BCUT2D eigenvalue weighted by Gasteiger charge is 1.91. The second-order valence-corrected chi connectivity index (χ2v) is 4.65. The molecule has 90 valence electrons. The molecule has 0 unspecified atom stereocenters. The van der Waals surface area contributed by atoms with Crippen LogP contribution in [0.2, 0.25) is 0 Å². The summed E-state index contributed by atoms with van der Waals surface area (Å²) >= 11 is 0. The van der Waals surface area contributed by atoms with Crippen molar-refractivity contribution in [3.8, 4) is 0 Å². The van der Waals surface area contributed by atoms with Gasteiger partial charge < -0.3 is 0 Å². The molecule has 0 aromatic carbocycles. The Hall–Kier alpha value is -0.780. The van der Waals surface area contributed by atoms with Crippen molar-refractivity contribution in [3.05, 3.63) is 36.5 Å². The number of allylic oxidation sites excluding steroid dienone is 6. The molecule has 0 heteroatoms. The molecule has 0 nitrogen and oxygen atoms in total. The van der Waals surface area contributed by atoms with E-state index in [1.807, 2.05) is 0 Å². The Morgan fingerprint density at radius 1 is 0.375 bits per heavy atom. The van der Waals surface area contributed by atoms with Gasteiger partial charge in [0.2, 0.25) is 0 Å². The zero-order chi connectivity index (χ0) is 11.3. The maximum absolute atomic E-state index is 2.29. The van der Waals surface area contributed by atoms with Gasteiger partial charge in [-0.15, -0.1) is 0 Å². The molecule has 0 amide bonds. The predicted octanol–water partition coefficient (Wildman–Crippen LogP) is 5.57. The Morgan fingerprint density at radius 3 is 1.19 bits per heavy atom. The number of rotatable bonds is 0. The zero-order valence-electron chi connectivity index (χ0n) is 10.5. The highest BCUT2D eigenvalue weighted by molar-refractivity contribution is 5.10. The van der Waals surface area contributed by atoms with Gasteiger partial charge in [0.25, 0.3) is 0 Å². The van der Waals surface area contributed by atoms with E-state index in [2.05, 4.69) is 36.5 Å². The van der Waals surface area contributed by atoms with Crippen LogP contribution in [-0.2, 0) is 0 Å². The van der Waals surface area contributed by atoms with Crippen LogP contribution >= 0.6 is 0 Å². The van der Waals surface area contributed by atoms with Crippen molar-refractivity contribution < 1.29 is 0 Å². The van der Waals surface area contributed by atoms with Gasteiger partial charge in [-0.25, -0.2) is 0 Å². The second kappa shape index (κ2) is 10.7. The lowest BCUT2D eigenvalue weighted by molar-refractivity contribution is 0.571. The molecule has 0 N–H and O–H groups in total. The second-order valence-electron chi connectivity index (χ2n) is 4.65. The minimum atomic E-state index is 1.24. The molecule has 1 aliphatic carbocycles. The summed E-state index contributed by atoms with van der Waals surface area (Å²) in [5.41, 5.74) is 0.